The van der Waals surface area contributed by atoms with Crippen molar-refractivity contribution in [2.24, 2.45) is 0 Å². The first-order valence-corrected chi connectivity index (χ1v) is 6.72. The Balaban J connectivity index is 2.17. The van der Waals surface area contributed by atoms with Crippen molar-refractivity contribution in [1.82, 2.24) is 4.90 Å². The van der Waals surface area contributed by atoms with Gasteiger partial charge in [0.05, 0.1) is 18.1 Å². The Kier molecular flexibility index (Phi) is 3.99. The zero-order valence-corrected chi connectivity index (χ0v) is 12.3. The van der Waals surface area contributed by atoms with Gasteiger partial charge in [0.1, 0.15) is 5.75 Å². The van der Waals surface area contributed by atoms with E-state index in [2.05, 4.69) is 15.9 Å². The van der Waals surface area contributed by atoms with Gasteiger partial charge in [-0.05, 0) is 34.1 Å². The molecule has 1 unspecified atom stereocenters. The number of methoxy groups -OCH3 is 1. The molecule has 1 atom stereocenters. The molecule has 7 heteroatoms. The zero-order valence-electron chi connectivity index (χ0n) is 10.7. The van der Waals surface area contributed by atoms with Crippen LogP contribution in [0.25, 0.3) is 0 Å². The first-order chi connectivity index (χ1) is 9.37. The minimum Gasteiger partial charge on any atom is -0.496 e. The highest BCUT2D eigenvalue weighted by molar-refractivity contribution is 9.10. The average molecular weight is 346 g/mol. The first-order valence-electron chi connectivity index (χ1n) is 5.92. The number of carbonyl (C=O) groups excluding carboxylic acids is 1. The molecule has 5 nitrogen and oxygen atoms in total. The lowest BCUT2D eigenvalue weighted by Crippen LogP contribution is -2.38. The summed E-state index contributed by atoms with van der Waals surface area (Å²) in [5.41, 5.74) is -1.99. The molecule has 1 aromatic rings. The normalized spacial score (nSPS) is 21.9. The Morgan fingerprint density at radius 2 is 2.20 bits per heavy atom. The van der Waals surface area contributed by atoms with Gasteiger partial charge in [-0.1, -0.05) is 0 Å². The molecule has 1 saturated heterocycles. The number of nitrogens with zero attached hydrogens (tertiary/aromatic N) is 1. The second-order valence-corrected chi connectivity index (χ2v) is 5.45. The van der Waals surface area contributed by atoms with E-state index in [9.17, 15) is 14.0 Å². The molecule has 1 fully saturated rings. The molecule has 20 heavy (non-hydrogen) atoms. The van der Waals surface area contributed by atoms with Gasteiger partial charge in [0.15, 0.2) is 0 Å². The molecule has 1 heterocycles. The minimum atomic E-state index is -2.35. The number of ether oxygens (including phenoxy) is 1. The summed E-state index contributed by atoms with van der Waals surface area (Å²) in [5, 5.41) is 8.82. The van der Waals surface area contributed by atoms with Crippen LogP contribution in [0.2, 0.25) is 0 Å². The van der Waals surface area contributed by atoms with Crippen LogP contribution in [0.1, 0.15) is 16.8 Å². The number of carbonyl (C=O) groups is 2. The summed E-state index contributed by atoms with van der Waals surface area (Å²) in [7, 11) is 1.51. The van der Waals surface area contributed by atoms with Crippen LogP contribution in [0.5, 0.6) is 5.75 Å². The third kappa shape index (κ3) is 2.63. The molecule has 0 bridgehead atoms. The standard InChI is InChI=1S/C13H13BrFNO4/c1-20-10-3-2-8(6-9(10)14)11(17)16-5-4-13(15,7-16)12(18)19/h2-3,6H,4-5,7H2,1H3,(H,18,19). The van der Waals surface area contributed by atoms with Crippen LogP contribution in [0.15, 0.2) is 22.7 Å². The summed E-state index contributed by atoms with van der Waals surface area (Å²) < 4.78 is 19.6. The number of hydrogen-bond donors (Lipinski definition) is 1. The lowest BCUT2D eigenvalue weighted by molar-refractivity contribution is -0.149. The van der Waals surface area contributed by atoms with E-state index in [0.29, 0.717) is 15.8 Å². The number of amides is 1. The Morgan fingerprint density at radius 1 is 1.50 bits per heavy atom. The Hall–Kier alpha value is -1.63. The van der Waals surface area contributed by atoms with Crippen molar-refractivity contribution in [2.45, 2.75) is 12.1 Å². The number of aliphatic carboxylic acids is 1. The molecule has 1 aliphatic rings. The summed E-state index contributed by atoms with van der Waals surface area (Å²) in [4.78, 5) is 24.3. The van der Waals surface area contributed by atoms with Crippen LogP contribution in [0.4, 0.5) is 4.39 Å². The number of carboxylic acids is 1. The van der Waals surface area contributed by atoms with E-state index in [1.807, 2.05) is 0 Å². The van der Waals surface area contributed by atoms with Crippen molar-refractivity contribution in [3.63, 3.8) is 0 Å². The molecule has 1 N–H and O–H groups in total. The molecule has 1 aliphatic heterocycles. The van der Waals surface area contributed by atoms with Gasteiger partial charge in [-0.15, -0.1) is 0 Å². The molecular formula is C13H13BrFNO4. The fourth-order valence-corrected chi connectivity index (χ4v) is 2.64. The van der Waals surface area contributed by atoms with Gasteiger partial charge < -0.3 is 14.7 Å². The lowest BCUT2D eigenvalue weighted by Gasteiger charge is -2.18. The second kappa shape index (κ2) is 5.40. The van der Waals surface area contributed by atoms with Crippen LogP contribution in [-0.4, -0.2) is 47.8 Å². The maximum atomic E-state index is 13.9. The predicted molar refractivity (Wildman–Crippen MR) is 72.7 cm³/mol. The smallest absolute Gasteiger partial charge is 0.343 e. The average Bonchev–Trinajstić information content (AvgIpc) is 2.82. The molecule has 0 saturated carbocycles. The second-order valence-electron chi connectivity index (χ2n) is 4.60. The van der Waals surface area contributed by atoms with Gasteiger partial charge >= 0.3 is 5.97 Å². The topological polar surface area (TPSA) is 66.8 Å². The van der Waals surface area contributed by atoms with Crippen LogP contribution >= 0.6 is 15.9 Å². The van der Waals surface area contributed by atoms with E-state index < -0.39 is 24.1 Å². The van der Waals surface area contributed by atoms with Gasteiger partial charge in [0.2, 0.25) is 5.67 Å². The van der Waals surface area contributed by atoms with E-state index in [4.69, 9.17) is 9.84 Å². The zero-order chi connectivity index (χ0) is 14.9. The fraction of sp³-hybridized carbons (Fsp3) is 0.385. The Labute approximate surface area is 123 Å². The van der Waals surface area contributed by atoms with Crippen molar-refractivity contribution in [3.05, 3.63) is 28.2 Å². The van der Waals surface area contributed by atoms with Gasteiger partial charge in [-0.3, -0.25) is 4.79 Å². The van der Waals surface area contributed by atoms with Gasteiger partial charge in [0.25, 0.3) is 5.91 Å². The predicted octanol–water partition coefficient (Wildman–Crippen LogP) is 2.10. The van der Waals surface area contributed by atoms with Crippen LogP contribution in [-0.2, 0) is 4.79 Å². The lowest BCUT2D eigenvalue weighted by atomic mass is 10.1. The molecule has 0 aliphatic carbocycles. The molecular weight excluding hydrogens is 333 g/mol. The molecule has 2 rings (SSSR count). The van der Waals surface area contributed by atoms with Crippen LogP contribution < -0.4 is 4.74 Å². The summed E-state index contributed by atoms with van der Waals surface area (Å²) >= 11 is 3.27. The number of halogens is 2. The van der Waals surface area contributed by atoms with E-state index in [1.165, 1.54) is 12.0 Å². The van der Waals surface area contributed by atoms with Crippen molar-refractivity contribution < 1.29 is 23.8 Å². The number of benzene rings is 1. The minimum absolute atomic E-state index is 0.0886. The number of rotatable bonds is 3. The summed E-state index contributed by atoms with van der Waals surface area (Å²) in [6, 6.07) is 4.75. The summed E-state index contributed by atoms with van der Waals surface area (Å²) in [5.74, 6) is -1.34. The van der Waals surface area contributed by atoms with E-state index in [1.54, 1.807) is 18.2 Å². The van der Waals surface area contributed by atoms with E-state index >= 15 is 0 Å². The maximum Gasteiger partial charge on any atom is 0.343 e. The molecule has 108 valence electrons. The van der Waals surface area contributed by atoms with E-state index in [0.717, 1.165) is 0 Å². The number of hydrogen-bond acceptors (Lipinski definition) is 3. The Morgan fingerprint density at radius 3 is 2.70 bits per heavy atom. The van der Waals surface area contributed by atoms with Gasteiger partial charge in [0, 0.05) is 18.5 Å². The monoisotopic (exact) mass is 345 g/mol. The first kappa shape index (κ1) is 14.8. The maximum absolute atomic E-state index is 13.9. The van der Waals surface area contributed by atoms with E-state index in [-0.39, 0.29) is 13.0 Å². The number of carboxylic acid groups (broad SMARTS) is 1. The highest BCUT2D eigenvalue weighted by Crippen LogP contribution is 2.29. The molecule has 1 amide bonds. The van der Waals surface area contributed by atoms with Crippen molar-refractivity contribution >= 4 is 27.8 Å². The molecule has 0 radical (unpaired) electrons. The largest absolute Gasteiger partial charge is 0.496 e. The number of likely N-dealkylation sites (tertiary alicyclic amines) is 1. The van der Waals surface area contributed by atoms with Crippen LogP contribution in [0.3, 0.4) is 0 Å². The highest BCUT2D eigenvalue weighted by atomic mass is 79.9. The van der Waals surface area contributed by atoms with Crippen molar-refractivity contribution in [2.75, 3.05) is 20.2 Å². The third-order valence-corrected chi connectivity index (χ3v) is 3.91. The highest BCUT2D eigenvalue weighted by Gasteiger charge is 2.46. The number of alkyl halides is 1. The molecule has 1 aromatic carbocycles. The van der Waals surface area contributed by atoms with Crippen LogP contribution in [0, 0.1) is 0 Å². The van der Waals surface area contributed by atoms with Crippen molar-refractivity contribution in [1.29, 1.82) is 0 Å². The molecule has 0 aromatic heterocycles. The van der Waals surface area contributed by atoms with Crippen molar-refractivity contribution in [3.8, 4) is 5.75 Å². The Bertz CT molecular complexity index is 565. The quantitative estimate of drug-likeness (QED) is 0.910. The third-order valence-electron chi connectivity index (χ3n) is 3.29. The summed E-state index contributed by atoms with van der Waals surface area (Å²) in [6.07, 6.45) is -0.189. The fourth-order valence-electron chi connectivity index (χ4n) is 2.10. The molecule has 0 spiro atoms. The van der Waals surface area contributed by atoms with Gasteiger partial charge in [-0.2, -0.15) is 0 Å². The van der Waals surface area contributed by atoms with Gasteiger partial charge in [-0.25, -0.2) is 9.18 Å². The summed E-state index contributed by atoms with van der Waals surface area (Å²) in [6.45, 7) is -0.337. The SMILES string of the molecule is COc1ccc(C(=O)N2CCC(F)(C(=O)O)C2)cc1Br.